The smallest absolute Gasteiger partial charge is 0.0940 e. The van der Waals surface area contributed by atoms with E-state index in [9.17, 15) is 0 Å². The van der Waals surface area contributed by atoms with Crippen LogP contribution >= 0.6 is 22.9 Å². The van der Waals surface area contributed by atoms with Crippen molar-refractivity contribution in [3.05, 3.63) is 16.6 Å². The van der Waals surface area contributed by atoms with Gasteiger partial charge in [0, 0.05) is 29.9 Å². The Hall–Kier alpha value is -0.160. The van der Waals surface area contributed by atoms with E-state index >= 15 is 0 Å². The number of aromatic nitrogens is 1. The number of nitrogens with zero attached hydrogens (tertiary/aromatic N) is 1. The Morgan fingerprint density at radius 2 is 2.54 bits per heavy atom. The molecule has 0 radical (unpaired) electrons. The zero-order valence-electron chi connectivity index (χ0n) is 7.37. The molecule has 74 valence electrons. The summed E-state index contributed by atoms with van der Waals surface area (Å²) in [4.78, 5) is 4.20. The summed E-state index contributed by atoms with van der Waals surface area (Å²) in [5.41, 5.74) is 2.78. The van der Waals surface area contributed by atoms with Gasteiger partial charge in [0.15, 0.2) is 0 Å². The predicted octanol–water partition coefficient (Wildman–Crippen LogP) is 1.54. The average molecular weight is 220 g/mol. The zero-order valence-corrected chi connectivity index (χ0v) is 8.94. The van der Waals surface area contributed by atoms with Gasteiger partial charge in [0.05, 0.1) is 5.01 Å². The van der Waals surface area contributed by atoms with E-state index in [4.69, 9.17) is 17.4 Å². The molecular formula is C8H14ClN3S. The summed E-state index contributed by atoms with van der Waals surface area (Å²) in [5.74, 6) is 6.10. The van der Waals surface area contributed by atoms with Crippen LogP contribution in [0.3, 0.4) is 0 Å². The SMILES string of the molecule is NNC(CCCCl)Cc1nccs1. The van der Waals surface area contributed by atoms with Crippen molar-refractivity contribution >= 4 is 22.9 Å². The maximum absolute atomic E-state index is 5.60. The van der Waals surface area contributed by atoms with E-state index in [1.54, 1.807) is 11.3 Å². The van der Waals surface area contributed by atoms with Gasteiger partial charge in [0.2, 0.25) is 0 Å². The summed E-state index contributed by atoms with van der Waals surface area (Å²) in [6, 6.07) is 0.296. The number of hydrogen-bond acceptors (Lipinski definition) is 4. The molecule has 0 aliphatic carbocycles. The fraction of sp³-hybridized carbons (Fsp3) is 0.625. The summed E-state index contributed by atoms with van der Waals surface area (Å²) in [7, 11) is 0. The lowest BCUT2D eigenvalue weighted by Crippen LogP contribution is -2.36. The van der Waals surface area contributed by atoms with E-state index in [1.165, 1.54) is 0 Å². The molecule has 3 nitrogen and oxygen atoms in total. The molecule has 0 aliphatic heterocycles. The Morgan fingerprint density at radius 1 is 1.69 bits per heavy atom. The highest BCUT2D eigenvalue weighted by Crippen LogP contribution is 2.10. The third-order valence-corrected chi connectivity index (χ3v) is 2.90. The van der Waals surface area contributed by atoms with E-state index < -0.39 is 0 Å². The maximum atomic E-state index is 5.60. The van der Waals surface area contributed by atoms with Gasteiger partial charge >= 0.3 is 0 Å². The molecule has 0 aliphatic rings. The van der Waals surface area contributed by atoms with Crippen LogP contribution in [0.15, 0.2) is 11.6 Å². The van der Waals surface area contributed by atoms with E-state index in [1.807, 2.05) is 11.6 Å². The van der Waals surface area contributed by atoms with Crippen LogP contribution < -0.4 is 11.3 Å². The summed E-state index contributed by atoms with van der Waals surface area (Å²) < 4.78 is 0. The molecule has 1 aromatic rings. The Balaban J connectivity index is 2.31. The van der Waals surface area contributed by atoms with Crippen LogP contribution in [0.2, 0.25) is 0 Å². The van der Waals surface area contributed by atoms with Gasteiger partial charge in [0.1, 0.15) is 0 Å². The van der Waals surface area contributed by atoms with Gasteiger partial charge in [-0.2, -0.15) is 0 Å². The molecule has 1 heterocycles. The van der Waals surface area contributed by atoms with Gasteiger partial charge in [-0.05, 0) is 12.8 Å². The highest BCUT2D eigenvalue weighted by molar-refractivity contribution is 7.09. The molecular weight excluding hydrogens is 206 g/mol. The number of rotatable bonds is 6. The largest absolute Gasteiger partial charge is 0.271 e. The lowest BCUT2D eigenvalue weighted by molar-refractivity contribution is 0.486. The quantitative estimate of drug-likeness (QED) is 0.434. The Morgan fingerprint density at radius 3 is 3.08 bits per heavy atom. The number of nitrogens with one attached hydrogen (secondary N) is 1. The normalized spacial score (nSPS) is 13.1. The first kappa shape index (κ1) is 10.9. The summed E-state index contributed by atoms with van der Waals surface area (Å²) >= 11 is 7.26. The van der Waals surface area contributed by atoms with Crippen LogP contribution in [-0.4, -0.2) is 16.9 Å². The topological polar surface area (TPSA) is 50.9 Å². The Labute approximate surface area is 87.3 Å². The molecule has 1 rings (SSSR count). The number of thiazole rings is 1. The van der Waals surface area contributed by atoms with Gasteiger partial charge in [-0.15, -0.1) is 22.9 Å². The molecule has 0 spiro atoms. The molecule has 0 fully saturated rings. The van der Waals surface area contributed by atoms with E-state index in [-0.39, 0.29) is 0 Å². The maximum Gasteiger partial charge on any atom is 0.0940 e. The molecule has 13 heavy (non-hydrogen) atoms. The first-order valence-corrected chi connectivity index (χ1v) is 5.68. The van der Waals surface area contributed by atoms with Crippen LogP contribution in [0.1, 0.15) is 17.8 Å². The number of nitrogens with two attached hydrogens (primary N) is 1. The summed E-state index contributed by atoms with van der Waals surface area (Å²) in [6.07, 6.45) is 4.70. The minimum absolute atomic E-state index is 0.296. The van der Waals surface area contributed by atoms with Crippen molar-refractivity contribution < 1.29 is 0 Å². The predicted molar refractivity (Wildman–Crippen MR) is 56.9 cm³/mol. The highest BCUT2D eigenvalue weighted by Gasteiger charge is 2.08. The molecule has 0 amide bonds. The fourth-order valence-corrected chi connectivity index (χ4v) is 1.98. The van der Waals surface area contributed by atoms with Crippen molar-refractivity contribution in [3.8, 4) is 0 Å². The van der Waals surface area contributed by atoms with Crippen molar-refractivity contribution in [2.45, 2.75) is 25.3 Å². The number of hydrogen-bond donors (Lipinski definition) is 2. The Bertz CT molecular complexity index is 215. The first-order valence-electron chi connectivity index (χ1n) is 4.27. The molecule has 0 bridgehead atoms. The Kier molecular flexibility index (Phi) is 5.31. The van der Waals surface area contributed by atoms with Crippen LogP contribution in [0, 0.1) is 0 Å². The van der Waals surface area contributed by atoms with Crippen molar-refractivity contribution in [2.75, 3.05) is 5.88 Å². The second-order valence-corrected chi connectivity index (χ2v) is 4.18. The first-order chi connectivity index (χ1) is 6.36. The second kappa shape index (κ2) is 6.32. The van der Waals surface area contributed by atoms with E-state index in [2.05, 4.69) is 10.4 Å². The van der Waals surface area contributed by atoms with Gasteiger partial charge in [0.25, 0.3) is 0 Å². The second-order valence-electron chi connectivity index (χ2n) is 2.82. The third kappa shape index (κ3) is 4.04. The van der Waals surface area contributed by atoms with Crippen molar-refractivity contribution in [2.24, 2.45) is 5.84 Å². The zero-order chi connectivity index (χ0) is 9.52. The number of halogens is 1. The molecule has 1 unspecified atom stereocenters. The average Bonchev–Trinajstić information content (AvgIpc) is 2.64. The minimum Gasteiger partial charge on any atom is -0.271 e. The molecule has 0 saturated carbocycles. The summed E-state index contributed by atoms with van der Waals surface area (Å²) in [6.45, 7) is 0. The molecule has 1 aromatic heterocycles. The van der Waals surface area contributed by atoms with Crippen molar-refractivity contribution in [3.63, 3.8) is 0 Å². The molecule has 3 N–H and O–H groups in total. The molecule has 0 aromatic carbocycles. The monoisotopic (exact) mass is 219 g/mol. The lowest BCUT2D eigenvalue weighted by Gasteiger charge is -2.12. The van der Waals surface area contributed by atoms with Gasteiger partial charge in [-0.1, -0.05) is 0 Å². The molecule has 0 saturated heterocycles. The van der Waals surface area contributed by atoms with E-state index in [0.717, 1.165) is 24.3 Å². The number of alkyl halides is 1. The van der Waals surface area contributed by atoms with Crippen molar-refractivity contribution in [1.82, 2.24) is 10.4 Å². The van der Waals surface area contributed by atoms with Gasteiger partial charge in [-0.3, -0.25) is 11.3 Å². The highest BCUT2D eigenvalue weighted by atomic mass is 35.5. The fourth-order valence-electron chi connectivity index (χ4n) is 1.13. The van der Waals surface area contributed by atoms with E-state index in [0.29, 0.717) is 11.9 Å². The molecule has 5 heteroatoms. The number of hydrazine groups is 1. The van der Waals surface area contributed by atoms with Crippen LogP contribution in [0.25, 0.3) is 0 Å². The van der Waals surface area contributed by atoms with Gasteiger partial charge in [-0.25, -0.2) is 4.98 Å². The van der Waals surface area contributed by atoms with Gasteiger partial charge < -0.3 is 0 Å². The standard InChI is InChI=1S/C8H14ClN3S/c9-3-1-2-7(12-10)6-8-11-4-5-13-8/h4-5,7,12H,1-3,6,10H2. The van der Waals surface area contributed by atoms with Crippen LogP contribution in [-0.2, 0) is 6.42 Å². The van der Waals surface area contributed by atoms with Crippen molar-refractivity contribution in [1.29, 1.82) is 0 Å². The lowest BCUT2D eigenvalue weighted by atomic mass is 10.1. The van der Waals surface area contributed by atoms with Crippen LogP contribution in [0.5, 0.6) is 0 Å². The van der Waals surface area contributed by atoms with Crippen LogP contribution in [0.4, 0.5) is 0 Å². The minimum atomic E-state index is 0.296. The summed E-state index contributed by atoms with van der Waals surface area (Å²) in [5, 5.41) is 3.10. The third-order valence-electron chi connectivity index (χ3n) is 1.83. The molecule has 1 atom stereocenters.